The molecule has 0 spiro atoms. The summed E-state index contributed by atoms with van der Waals surface area (Å²) in [6.45, 7) is 4.47. The number of rotatable bonds is 5. The van der Waals surface area contributed by atoms with E-state index in [4.69, 9.17) is 9.26 Å². The van der Waals surface area contributed by atoms with Crippen molar-refractivity contribution >= 4 is 10.0 Å². The fourth-order valence-corrected chi connectivity index (χ4v) is 5.99. The van der Waals surface area contributed by atoms with E-state index in [1.807, 2.05) is 13.0 Å². The zero-order valence-corrected chi connectivity index (χ0v) is 18.0. The summed E-state index contributed by atoms with van der Waals surface area (Å²) >= 11 is 0. The standard InChI is InChI=1S/C21H29N3O4S/c1-16-14-19(28-22-16)17-8-9-21(20(15-17)27-2)29(25,26)24-12-10-23(11-13-24)18-6-4-3-5-7-18/h8-9,14-15,18H,3-7,10-13H2,1-2H3. The van der Waals surface area contributed by atoms with E-state index in [9.17, 15) is 8.42 Å². The van der Waals surface area contributed by atoms with Gasteiger partial charge in [-0.3, -0.25) is 4.90 Å². The van der Waals surface area contributed by atoms with E-state index in [1.54, 1.807) is 22.5 Å². The molecule has 1 aliphatic heterocycles. The Morgan fingerprint density at radius 1 is 1.07 bits per heavy atom. The fourth-order valence-electron chi connectivity index (χ4n) is 4.43. The number of sulfonamides is 1. The van der Waals surface area contributed by atoms with Crippen LogP contribution in [0.4, 0.5) is 0 Å². The third-order valence-electron chi connectivity index (χ3n) is 6.06. The maximum atomic E-state index is 13.3. The van der Waals surface area contributed by atoms with Gasteiger partial charge in [-0.25, -0.2) is 8.42 Å². The van der Waals surface area contributed by atoms with Gasteiger partial charge in [0, 0.05) is 43.9 Å². The average molecular weight is 420 g/mol. The zero-order chi connectivity index (χ0) is 20.4. The van der Waals surface area contributed by atoms with E-state index in [2.05, 4.69) is 10.1 Å². The minimum atomic E-state index is -3.62. The van der Waals surface area contributed by atoms with Crippen LogP contribution in [0.15, 0.2) is 33.7 Å². The molecule has 8 heteroatoms. The molecule has 2 aromatic rings. The molecule has 0 bridgehead atoms. The largest absolute Gasteiger partial charge is 0.495 e. The number of hydrogen-bond donors (Lipinski definition) is 0. The number of piperazine rings is 1. The van der Waals surface area contributed by atoms with Gasteiger partial charge in [0.1, 0.15) is 10.6 Å². The molecule has 2 fully saturated rings. The van der Waals surface area contributed by atoms with Gasteiger partial charge in [0.25, 0.3) is 0 Å². The van der Waals surface area contributed by atoms with Crippen molar-refractivity contribution < 1.29 is 17.7 Å². The normalized spacial score (nSPS) is 20.1. The molecule has 2 heterocycles. The number of ether oxygens (including phenoxy) is 1. The molecule has 1 saturated heterocycles. The highest BCUT2D eigenvalue weighted by molar-refractivity contribution is 7.89. The third-order valence-corrected chi connectivity index (χ3v) is 8.00. The predicted octanol–water partition coefficient (Wildman–Crippen LogP) is 3.30. The first-order valence-electron chi connectivity index (χ1n) is 10.3. The van der Waals surface area contributed by atoms with Crippen LogP contribution in [0.5, 0.6) is 5.75 Å². The molecule has 158 valence electrons. The minimum Gasteiger partial charge on any atom is -0.495 e. The van der Waals surface area contributed by atoms with Crippen LogP contribution in [0.3, 0.4) is 0 Å². The van der Waals surface area contributed by atoms with Crippen LogP contribution in [0.1, 0.15) is 37.8 Å². The van der Waals surface area contributed by atoms with E-state index in [1.165, 1.54) is 39.2 Å². The minimum absolute atomic E-state index is 0.200. The summed E-state index contributed by atoms with van der Waals surface area (Å²) in [4.78, 5) is 2.67. The lowest BCUT2D eigenvalue weighted by Gasteiger charge is -2.40. The molecule has 1 aliphatic carbocycles. The molecule has 4 rings (SSSR count). The van der Waals surface area contributed by atoms with Crippen LogP contribution in [0, 0.1) is 6.92 Å². The van der Waals surface area contributed by atoms with Crippen LogP contribution < -0.4 is 4.74 Å². The van der Waals surface area contributed by atoms with Gasteiger partial charge in [0.15, 0.2) is 5.76 Å². The fraction of sp³-hybridized carbons (Fsp3) is 0.571. The molecule has 0 unspecified atom stereocenters. The summed E-state index contributed by atoms with van der Waals surface area (Å²) < 4.78 is 38.9. The highest BCUT2D eigenvalue weighted by Crippen LogP contribution is 2.33. The Bertz CT molecular complexity index is 943. The van der Waals surface area contributed by atoms with Crippen LogP contribution in [-0.4, -0.2) is 62.1 Å². The highest BCUT2D eigenvalue weighted by atomic mass is 32.2. The van der Waals surface area contributed by atoms with Gasteiger partial charge in [0.2, 0.25) is 10.0 Å². The number of methoxy groups -OCH3 is 1. The van der Waals surface area contributed by atoms with Crippen molar-refractivity contribution in [2.45, 2.75) is 50.0 Å². The Hall–Kier alpha value is -1.90. The molecular formula is C21H29N3O4S. The van der Waals surface area contributed by atoms with Crippen LogP contribution in [-0.2, 0) is 10.0 Å². The lowest BCUT2D eigenvalue weighted by molar-refractivity contribution is 0.111. The van der Waals surface area contributed by atoms with E-state index < -0.39 is 10.0 Å². The van der Waals surface area contributed by atoms with Gasteiger partial charge in [-0.1, -0.05) is 24.4 Å². The topological polar surface area (TPSA) is 75.9 Å². The molecule has 1 saturated carbocycles. The average Bonchev–Trinajstić information content (AvgIpc) is 3.20. The number of aryl methyl sites for hydroxylation is 1. The summed E-state index contributed by atoms with van der Waals surface area (Å²) in [6.07, 6.45) is 6.38. The molecule has 7 nitrogen and oxygen atoms in total. The second kappa shape index (κ2) is 8.45. The van der Waals surface area contributed by atoms with Crippen molar-refractivity contribution in [2.24, 2.45) is 0 Å². The Morgan fingerprint density at radius 2 is 1.79 bits per heavy atom. The van der Waals surface area contributed by atoms with Crippen LogP contribution in [0.25, 0.3) is 11.3 Å². The monoisotopic (exact) mass is 419 g/mol. The highest BCUT2D eigenvalue weighted by Gasteiger charge is 2.33. The maximum Gasteiger partial charge on any atom is 0.246 e. The number of benzene rings is 1. The molecule has 0 radical (unpaired) electrons. The predicted molar refractivity (Wildman–Crippen MR) is 110 cm³/mol. The van der Waals surface area contributed by atoms with Gasteiger partial charge < -0.3 is 9.26 Å². The van der Waals surface area contributed by atoms with E-state index >= 15 is 0 Å². The third kappa shape index (κ3) is 4.20. The second-order valence-corrected chi connectivity index (χ2v) is 9.84. The zero-order valence-electron chi connectivity index (χ0n) is 17.1. The second-order valence-electron chi connectivity index (χ2n) is 7.93. The lowest BCUT2D eigenvalue weighted by atomic mass is 9.94. The van der Waals surface area contributed by atoms with Crippen molar-refractivity contribution in [3.05, 3.63) is 30.0 Å². The van der Waals surface area contributed by atoms with Gasteiger partial charge in [-0.15, -0.1) is 0 Å². The molecular weight excluding hydrogens is 390 g/mol. The molecule has 2 aliphatic rings. The first kappa shape index (κ1) is 20.4. The summed E-state index contributed by atoms with van der Waals surface area (Å²) in [5, 5.41) is 3.89. The maximum absolute atomic E-state index is 13.3. The Balaban J connectivity index is 1.51. The summed E-state index contributed by atoms with van der Waals surface area (Å²) in [7, 11) is -2.13. The SMILES string of the molecule is COc1cc(-c2cc(C)no2)ccc1S(=O)(=O)N1CCN(C2CCCCC2)CC1. The van der Waals surface area contributed by atoms with Gasteiger partial charge >= 0.3 is 0 Å². The van der Waals surface area contributed by atoms with Crippen molar-refractivity contribution in [3.63, 3.8) is 0 Å². The van der Waals surface area contributed by atoms with Crippen molar-refractivity contribution in [2.75, 3.05) is 33.3 Å². The number of hydrogen-bond acceptors (Lipinski definition) is 6. The van der Waals surface area contributed by atoms with Crippen molar-refractivity contribution in [1.29, 1.82) is 0 Å². The quantitative estimate of drug-likeness (QED) is 0.740. The number of nitrogens with zero attached hydrogens (tertiary/aromatic N) is 3. The molecule has 1 aromatic heterocycles. The van der Waals surface area contributed by atoms with Crippen molar-refractivity contribution in [1.82, 2.24) is 14.4 Å². The van der Waals surface area contributed by atoms with Gasteiger partial charge in [-0.2, -0.15) is 4.31 Å². The van der Waals surface area contributed by atoms with Gasteiger partial charge in [-0.05, 0) is 38.0 Å². The molecule has 1 aromatic carbocycles. The van der Waals surface area contributed by atoms with Crippen molar-refractivity contribution in [3.8, 4) is 17.1 Å². The Morgan fingerprint density at radius 3 is 2.41 bits per heavy atom. The molecule has 29 heavy (non-hydrogen) atoms. The molecule has 0 atom stereocenters. The van der Waals surface area contributed by atoms with Crippen LogP contribution in [0.2, 0.25) is 0 Å². The first-order chi connectivity index (χ1) is 14.0. The van der Waals surface area contributed by atoms with E-state index in [-0.39, 0.29) is 4.90 Å². The number of aromatic nitrogens is 1. The Labute approximate surface area is 172 Å². The first-order valence-corrected chi connectivity index (χ1v) is 11.8. The lowest BCUT2D eigenvalue weighted by Crippen LogP contribution is -2.52. The molecule has 0 amide bonds. The van der Waals surface area contributed by atoms with Crippen LogP contribution >= 0.6 is 0 Å². The Kier molecular flexibility index (Phi) is 5.94. The summed E-state index contributed by atoms with van der Waals surface area (Å²) in [5.74, 6) is 0.914. The molecule has 0 N–H and O–H groups in total. The summed E-state index contributed by atoms with van der Waals surface area (Å²) in [6, 6.07) is 7.48. The summed E-state index contributed by atoms with van der Waals surface area (Å²) in [5.41, 5.74) is 1.51. The van der Waals surface area contributed by atoms with E-state index in [0.29, 0.717) is 30.6 Å². The van der Waals surface area contributed by atoms with Gasteiger partial charge in [0.05, 0.1) is 12.8 Å². The smallest absolute Gasteiger partial charge is 0.246 e. The van der Waals surface area contributed by atoms with E-state index in [0.717, 1.165) is 24.3 Å².